The van der Waals surface area contributed by atoms with Gasteiger partial charge in [-0.15, -0.1) is 6.58 Å². The molecule has 102 valence electrons. The Hall–Kier alpha value is -1.16. The SMILES string of the molecule is C=CC(C)(CNCCC)Cc1ncnn1CCC. The first-order valence-corrected chi connectivity index (χ1v) is 6.86. The molecule has 18 heavy (non-hydrogen) atoms. The van der Waals surface area contributed by atoms with Crippen LogP contribution in [-0.2, 0) is 13.0 Å². The van der Waals surface area contributed by atoms with Gasteiger partial charge >= 0.3 is 0 Å². The van der Waals surface area contributed by atoms with Crippen LogP contribution in [0.3, 0.4) is 0 Å². The number of rotatable bonds is 9. The lowest BCUT2D eigenvalue weighted by Gasteiger charge is -2.25. The molecular weight excluding hydrogens is 224 g/mol. The summed E-state index contributed by atoms with van der Waals surface area (Å²) in [4.78, 5) is 4.37. The van der Waals surface area contributed by atoms with Crippen molar-refractivity contribution in [3.05, 3.63) is 24.8 Å². The van der Waals surface area contributed by atoms with Gasteiger partial charge in [0.25, 0.3) is 0 Å². The maximum absolute atomic E-state index is 4.37. The largest absolute Gasteiger partial charge is 0.316 e. The van der Waals surface area contributed by atoms with E-state index in [1.165, 1.54) is 0 Å². The Labute approximate surface area is 110 Å². The predicted molar refractivity (Wildman–Crippen MR) is 75.5 cm³/mol. The third kappa shape index (κ3) is 4.26. The molecule has 0 aliphatic rings. The Morgan fingerprint density at radius 1 is 1.44 bits per heavy atom. The summed E-state index contributed by atoms with van der Waals surface area (Å²) in [7, 11) is 0. The lowest BCUT2D eigenvalue weighted by atomic mass is 9.86. The molecule has 1 atom stereocenters. The molecule has 1 aromatic heterocycles. The van der Waals surface area contributed by atoms with Crippen LogP contribution in [-0.4, -0.2) is 27.9 Å². The second-order valence-electron chi connectivity index (χ2n) is 5.11. The highest BCUT2D eigenvalue weighted by Crippen LogP contribution is 2.22. The first kappa shape index (κ1) is 14.9. The minimum atomic E-state index is 0.0354. The van der Waals surface area contributed by atoms with E-state index < -0.39 is 0 Å². The predicted octanol–water partition coefficient (Wildman–Crippen LogP) is 2.42. The summed E-state index contributed by atoms with van der Waals surface area (Å²) >= 11 is 0. The van der Waals surface area contributed by atoms with Gasteiger partial charge in [-0.25, -0.2) is 4.98 Å². The van der Waals surface area contributed by atoms with Gasteiger partial charge in [0.2, 0.25) is 0 Å². The van der Waals surface area contributed by atoms with Crippen molar-refractivity contribution >= 4 is 0 Å². The minimum absolute atomic E-state index is 0.0354. The Bertz CT molecular complexity index is 358. The van der Waals surface area contributed by atoms with Crippen molar-refractivity contribution < 1.29 is 0 Å². The second kappa shape index (κ2) is 7.31. The second-order valence-corrected chi connectivity index (χ2v) is 5.11. The summed E-state index contributed by atoms with van der Waals surface area (Å²) in [5.41, 5.74) is 0.0354. The first-order valence-electron chi connectivity index (χ1n) is 6.86. The van der Waals surface area contributed by atoms with Gasteiger partial charge in [0, 0.05) is 24.9 Å². The molecule has 0 bridgehead atoms. The Morgan fingerprint density at radius 3 is 2.83 bits per heavy atom. The Balaban J connectivity index is 2.65. The quantitative estimate of drug-likeness (QED) is 0.540. The number of nitrogens with one attached hydrogen (secondary N) is 1. The summed E-state index contributed by atoms with van der Waals surface area (Å²) in [6.07, 6.45) is 6.79. The fourth-order valence-corrected chi connectivity index (χ4v) is 1.94. The van der Waals surface area contributed by atoms with E-state index in [2.05, 4.69) is 42.7 Å². The van der Waals surface area contributed by atoms with Gasteiger partial charge < -0.3 is 5.32 Å². The van der Waals surface area contributed by atoms with Crippen LogP contribution in [0.1, 0.15) is 39.4 Å². The van der Waals surface area contributed by atoms with Gasteiger partial charge in [0.05, 0.1) is 0 Å². The fourth-order valence-electron chi connectivity index (χ4n) is 1.94. The standard InChI is InChI=1S/C14H26N4/c1-5-8-15-11-14(4,7-3)10-13-16-12-17-18(13)9-6-2/h7,12,15H,3,5-6,8-11H2,1-2,4H3. The summed E-state index contributed by atoms with van der Waals surface area (Å²) in [5.74, 6) is 1.05. The van der Waals surface area contributed by atoms with Crippen LogP contribution >= 0.6 is 0 Å². The lowest BCUT2D eigenvalue weighted by Crippen LogP contribution is -2.33. The third-order valence-corrected chi connectivity index (χ3v) is 3.14. The van der Waals surface area contributed by atoms with E-state index in [1.807, 2.05) is 10.8 Å². The minimum Gasteiger partial charge on any atom is -0.316 e. The molecule has 0 spiro atoms. The normalized spacial score (nSPS) is 14.4. The van der Waals surface area contributed by atoms with Crippen LogP contribution in [0.4, 0.5) is 0 Å². The van der Waals surface area contributed by atoms with Gasteiger partial charge in [-0.2, -0.15) is 5.10 Å². The molecule has 1 N–H and O–H groups in total. The van der Waals surface area contributed by atoms with Crippen molar-refractivity contribution in [3.8, 4) is 0 Å². The molecule has 1 unspecified atom stereocenters. The van der Waals surface area contributed by atoms with Crippen molar-refractivity contribution in [2.45, 2.75) is 46.6 Å². The molecule has 0 aromatic carbocycles. The molecule has 0 fully saturated rings. The molecule has 0 amide bonds. The van der Waals surface area contributed by atoms with Crippen LogP contribution in [0.5, 0.6) is 0 Å². The van der Waals surface area contributed by atoms with Crippen LogP contribution in [0.2, 0.25) is 0 Å². The average Bonchev–Trinajstić information content (AvgIpc) is 2.77. The third-order valence-electron chi connectivity index (χ3n) is 3.14. The van der Waals surface area contributed by atoms with E-state index in [4.69, 9.17) is 0 Å². The van der Waals surface area contributed by atoms with E-state index in [0.717, 1.165) is 44.7 Å². The maximum atomic E-state index is 4.37. The van der Waals surface area contributed by atoms with Crippen molar-refractivity contribution in [2.24, 2.45) is 5.41 Å². The molecule has 0 saturated heterocycles. The molecule has 0 saturated carbocycles. The van der Waals surface area contributed by atoms with Gasteiger partial charge in [-0.05, 0) is 19.4 Å². The van der Waals surface area contributed by atoms with Crippen LogP contribution in [0.25, 0.3) is 0 Å². The molecule has 0 aliphatic carbocycles. The monoisotopic (exact) mass is 250 g/mol. The number of hydrogen-bond donors (Lipinski definition) is 1. The molecule has 4 heteroatoms. The summed E-state index contributed by atoms with van der Waals surface area (Å²) in [6, 6.07) is 0. The number of aryl methyl sites for hydroxylation is 1. The lowest BCUT2D eigenvalue weighted by molar-refractivity contribution is 0.372. The van der Waals surface area contributed by atoms with E-state index >= 15 is 0 Å². The smallest absolute Gasteiger partial charge is 0.138 e. The van der Waals surface area contributed by atoms with E-state index in [9.17, 15) is 0 Å². The fraction of sp³-hybridized carbons (Fsp3) is 0.714. The van der Waals surface area contributed by atoms with Crippen LogP contribution in [0.15, 0.2) is 19.0 Å². The highest BCUT2D eigenvalue weighted by molar-refractivity contribution is 5.01. The molecule has 4 nitrogen and oxygen atoms in total. The van der Waals surface area contributed by atoms with Crippen molar-refractivity contribution in [1.82, 2.24) is 20.1 Å². The summed E-state index contributed by atoms with van der Waals surface area (Å²) < 4.78 is 2.00. The van der Waals surface area contributed by atoms with Gasteiger partial charge in [-0.1, -0.05) is 26.8 Å². The average molecular weight is 250 g/mol. The number of aromatic nitrogens is 3. The number of hydrogen-bond acceptors (Lipinski definition) is 3. The topological polar surface area (TPSA) is 42.7 Å². The van der Waals surface area contributed by atoms with E-state index in [1.54, 1.807) is 6.33 Å². The van der Waals surface area contributed by atoms with E-state index in [0.29, 0.717) is 0 Å². The molecule has 1 rings (SSSR count). The summed E-state index contributed by atoms with van der Waals surface area (Å²) in [5, 5.41) is 7.73. The highest BCUT2D eigenvalue weighted by atomic mass is 15.3. The molecule has 0 radical (unpaired) electrons. The molecular formula is C14H26N4. The maximum Gasteiger partial charge on any atom is 0.138 e. The zero-order valence-corrected chi connectivity index (χ0v) is 11.9. The van der Waals surface area contributed by atoms with Crippen molar-refractivity contribution in [3.63, 3.8) is 0 Å². The number of nitrogens with zero attached hydrogens (tertiary/aromatic N) is 3. The van der Waals surface area contributed by atoms with Crippen LogP contribution < -0.4 is 5.32 Å². The van der Waals surface area contributed by atoms with Gasteiger partial charge in [0.15, 0.2) is 0 Å². The van der Waals surface area contributed by atoms with Crippen molar-refractivity contribution in [1.29, 1.82) is 0 Å². The Morgan fingerprint density at radius 2 is 2.22 bits per heavy atom. The van der Waals surface area contributed by atoms with Crippen LogP contribution in [0, 0.1) is 5.41 Å². The van der Waals surface area contributed by atoms with Gasteiger partial charge in [-0.3, -0.25) is 4.68 Å². The zero-order chi connectivity index (χ0) is 13.4. The summed E-state index contributed by atoms with van der Waals surface area (Å²) in [6.45, 7) is 13.4. The van der Waals surface area contributed by atoms with E-state index in [-0.39, 0.29) is 5.41 Å². The first-order chi connectivity index (χ1) is 8.65. The molecule has 1 aromatic rings. The van der Waals surface area contributed by atoms with Gasteiger partial charge in [0.1, 0.15) is 12.2 Å². The molecule has 0 aliphatic heterocycles. The zero-order valence-electron chi connectivity index (χ0n) is 11.9. The molecule has 1 heterocycles. The highest BCUT2D eigenvalue weighted by Gasteiger charge is 2.23. The Kier molecular flexibility index (Phi) is 6.05. The van der Waals surface area contributed by atoms with Crippen molar-refractivity contribution in [2.75, 3.05) is 13.1 Å².